The first kappa shape index (κ1) is 14.0. The molecule has 2 aromatic rings. The van der Waals surface area contributed by atoms with E-state index >= 15 is 0 Å². The monoisotopic (exact) mass is 297 g/mol. The summed E-state index contributed by atoms with van der Waals surface area (Å²) in [4.78, 5) is 6.65. The van der Waals surface area contributed by atoms with E-state index in [9.17, 15) is 5.11 Å². The maximum atomic E-state index is 10.8. The number of fused-ring (bicyclic) bond motifs is 3. The zero-order valence-corrected chi connectivity index (χ0v) is 13.0. The van der Waals surface area contributed by atoms with Crippen LogP contribution in [0, 0.1) is 5.92 Å². The van der Waals surface area contributed by atoms with Crippen LogP contribution >= 0.6 is 0 Å². The van der Waals surface area contributed by atoms with Gasteiger partial charge in [-0.05, 0) is 50.9 Å². The van der Waals surface area contributed by atoms with Gasteiger partial charge in [0.2, 0.25) is 0 Å². The minimum absolute atomic E-state index is 0.225. The molecule has 0 spiro atoms. The van der Waals surface area contributed by atoms with Gasteiger partial charge in [-0.3, -0.25) is 0 Å². The summed E-state index contributed by atoms with van der Waals surface area (Å²) in [6, 6.07) is 8.74. The molecule has 4 nitrogen and oxygen atoms in total. The second-order valence-electron chi connectivity index (χ2n) is 6.73. The molecular formula is C18H23N3O. The quantitative estimate of drug-likeness (QED) is 0.946. The molecule has 116 valence electrons. The molecule has 0 saturated carbocycles. The fourth-order valence-electron chi connectivity index (χ4n) is 4.01. The average Bonchev–Trinajstić information content (AvgIpc) is 3.11. The molecule has 22 heavy (non-hydrogen) atoms. The topological polar surface area (TPSA) is 41.3 Å². The van der Waals surface area contributed by atoms with E-state index in [1.165, 1.54) is 16.8 Å². The Balaban J connectivity index is 1.56. The Morgan fingerprint density at radius 2 is 2.05 bits per heavy atom. The number of aromatic nitrogens is 2. The molecule has 1 fully saturated rings. The van der Waals surface area contributed by atoms with Crippen LogP contribution in [-0.4, -0.2) is 45.8 Å². The molecule has 0 aliphatic carbocycles. The molecule has 1 saturated heterocycles. The lowest BCUT2D eigenvalue weighted by molar-refractivity contribution is 0.0528. The van der Waals surface area contributed by atoms with Crippen LogP contribution in [0.4, 0.5) is 0 Å². The van der Waals surface area contributed by atoms with Crippen LogP contribution in [0.3, 0.4) is 0 Å². The number of piperidine rings is 1. The van der Waals surface area contributed by atoms with Crippen molar-refractivity contribution in [3.8, 4) is 11.3 Å². The Morgan fingerprint density at radius 3 is 2.86 bits per heavy atom. The Bertz CT molecular complexity index is 658. The second-order valence-corrected chi connectivity index (χ2v) is 6.73. The minimum atomic E-state index is -0.236. The minimum Gasteiger partial charge on any atom is -0.393 e. The molecule has 0 radical (unpaired) electrons. The summed E-state index contributed by atoms with van der Waals surface area (Å²) in [5.74, 6) is 0.427. The molecule has 1 N–H and O–H groups in total. The van der Waals surface area contributed by atoms with Gasteiger partial charge >= 0.3 is 0 Å². The highest BCUT2D eigenvalue weighted by Crippen LogP contribution is 2.42. The molecule has 4 rings (SSSR count). The molecule has 3 heterocycles. The van der Waals surface area contributed by atoms with Crippen molar-refractivity contribution < 1.29 is 5.11 Å². The zero-order chi connectivity index (χ0) is 15.1. The summed E-state index contributed by atoms with van der Waals surface area (Å²) in [5.41, 5.74) is 3.77. The number of aliphatic hydroxyl groups excluding tert-OH is 1. The molecule has 0 bridgehead atoms. The highest BCUT2D eigenvalue weighted by Gasteiger charge is 2.32. The lowest BCUT2D eigenvalue weighted by atomic mass is 9.86. The Labute approximate surface area is 131 Å². The SMILES string of the molecule is CN1CCC(C(O)CC2c3ccccc3-c3cncn32)CC1. The molecule has 2 atom stereocenters. The van der Waals surface area contributed by atoms with Crippen LogP contribution in [0.25, 0.3) is 11.3 Å². The summed E-state index contributed by atoms with van der Waals surface area (Å²) in [6.45, 7) is 2.19. The third-order valence-corrected chi connectivity index (χ3v) is 5.37. The second kappa shape index (κ2) is 5.52. The molecular weight excluding hydrogens is 274 g/mol. The zero-order valence-electron chi connectivity index (χ0n) is 13.0. The standard InChI is InChI=1S/C18H23N3O/c1-20-8-6-13(7-9-20)18(22)10-16-14-4-2-3-5-15(14)17-11-19-12-21(16)17/h2-5,11-13,16,18,22H,6-10H2,1H3. The van der Waals surface area contributed by atoms with E-state index in [4.69, 9.17) is 0 Å². The number of aliphatic hydroxyl groups is 1. The van der Waals surface area contributed by atoms with Crippen molar-refractivity contribution in [1.82, 2.24) is 14.5 Å². The average molecular weight is 297 g/mol. The Kier molecular flexibility index (Phi) is 3.51. The van der Waals surface area contributed by atoms with E-state index in [2.05, 4.69) is 45.8 Å². The summed E-state index contributed by atoms with van der Waals surface area (Å²) < 4.78 is 2.23. The molecule has 1 aromatic carbocycles. The Morgan fingerprint density at radius 1 is 1.27 bits per heavy atom. The van der Waals surface area contributed by atoms with Crippen molar-refractivity contribution in [2.75, 3.05) is 20.1 Å². The van der Waals surface area contributed by atoms with Gasteiger partial charge in [-0.15, -0.1) is 0 Å². The molecule has 0 amide bonds. The van der Waals surface area contributed by atoms with E-state index in [1.807, 2.05) is 12.5 Å². The van der Waals surface area contributed by atoms with Gasteiger partial charge in [0, 0.05) is 5.56 Å². The van der Waals surface area contributed by atoms with Crippen LogP contribution in [-0.2, 0) is 0 Å². The first-order valence-corrected chi connectivity index (χ1v) is 8.22. The largest absolute Gasteiger partial charge is 0.393 e. The summed E-state index contributed by atoms with van der Waals surface area (Å²) >= 11 is 0. The van der Waals surface area contributed by atoms with E-state index < -0.39 is 0 Å². The normalized spacial score (nSPS) is 23.3. The van der Waals surface area contributed by atoms with Crippen molar-refractivity contribution in [1.29, 1.82) is 0 Å². The first-order valence-electron chi connectivity index (χ1n) is 8.22. The van der Waals surface area contributed by atoms with Crippen LogP contribution in [0.15, 0.2) is 36.8 Å². The van der Waals surface area contributed by atoms with E-state index in [0.717, 1.165) is 32.4 Å². The fraction of sp³-hybridized carbons (Fsp3) is 0.500. The molecule has 2 unspecified atom stereocenters. The predicted molar refractivity (Wildman–Crippen MR) is 86.6 cm³/mol. The van der Waals surface area contributed by atoms with Gasteiger partial charge in [-0.1, -0.05) is 24.3 Å². The third kappa shape index (κ3) is 2.27. The van der Waals surface area contributed by atoms with E-state index in [0.29, 0.717) is 5.92 Å². The third-order valence-electron chi connectivity index (χ3n) is 5.37. The summed E-state index contributed by atoms with van der Waals surface area (Å²) in [7, 11) is 2.16. The maximum Gasteiger partial charge on any atom is 0.0956 e. The number of hydrogen-bond acceptors (Lipinski definition) is 3. The van der Waals surface area contributed by atoms with E-state index in [1.54, 1.807) is 0 Å². The van der Waals surface area contributed by atoms with Crippen molar-refractivity contribution >= 4 is 0 Å². The van der Waals surface area contributed by atoms with Crippen LogP contribution in [0.5, 0.6) is 0 Å². The Hall–Kier alpha value is -1.65. The molecule has 2 aliphatic rings. The number of hydrogen-bond donors (Lipinski definition) is 1. The molecule has 2 aliphatic heterocycles. The number of likely N-dealkylation sites (tertiary alicyclic amines) is 1. The lowest BCUT2D eigenvalue weighted by Crippen LogP contribution is -2.36. The van der Waals surface area contributed by atoms with Gasteiger partial charge in [0.25, 0.3) is 0 Å². The van der Waals surface area contributed by atoms with Gasteiger partial charge in [-0.2, -0.15) is 0 Å². The van der Waals surface area contributed by atoms with Crippen molar-refractivity contribution in [3.05, 3.63) is 42.4 Å². The van der Waals surface area contributed by atoms with Crippen molar-refractivity contribution in [3.63, 3.8) is 0 Å². The van der Waals surface area contributed by atoms with Gasteiger partial charge in [0.1, 0.15) is 0 Å². The van der Waals surface area contributed by atoms with Gasteiger partial charge in [0.05, 0.1) is 30.4 Å². The summed E-state index contributed by atoms with van der Waals surface area (Å²) in [5, 5.41) is 10.8. The van der Waals surface area contributed by atoms with Gasteiger partial charge in [0.15, 0.2) is 0 Å². The molecule has 4 heteroatoms. The number of rotatable bonds is 3. The van der Waals surface area contributed by atoms with Crippen LogP contribution < -0.4 is 0 Å². The lowest BCUT2D eigenvalue weighted by Gasteiger charge is -2.33. The molecule has 1 aromatic heterocycles. The smallest absolute Gasteiger partial charge is 0.0956 e. The van der Waals surface area contributed by atoms with Gasteiger partial charge < -0.3 is 14.6 Å². The van der Waals surface area contributed by atoms with Crippen molar-refractivity contribution in [2.24, 2.45) is 5.92 Å². The highest BCUT2D eigenvalue weighted by atomic mass is 16.3. The number of benzene rings is 1. The maximum absolute atomic E-state index is 10.8. The van der Waals surface area contributed by atoms with Crippen molar-refractivity contribution in [2.45, 2.75) is 31.4 Å². The first-order chi connectivity index (χ1) is 10.7. The van der Waals surface area contributed by atoms with Crippen LogP contribution in [0.2, 0.25) is 0 Å². The van der Waals surface area contributed by atoms with Gasteiger partial charge in [-0.25, -0.2) is 4.98 Å². The van der Waals surface area contributed by atoms with Crippen LogP contribution in [0.1, 0.15) is 30.9 Å². The summed E-state index contributed by atoms with van der Waals surface area (Å²) in [6.07, 6.45) is 6.59. The predicted octanol–water partition coefficient (Wildman–Crippen LogP) is 2.55. The highest BCUT2D eigenvalue weighted by molar-refractivity contribution is 5.68. The van der Waals surface area contributed by atoms with E-state index in [-0.39, 0.29) is 12.1 Å². The number of nitrogens with zero attached hydrogens (tertiary/aromatic N) is 3. The number of imidazole rings is 1. The fourth-order valence-corrected chi connectivity index (χ4v) is 4.01.